The topological polar surface area (TPSA) is 38.1 Å². The fourth-order valence-corrected chi connectivity index (χ4v) is 3.53. The molecule has 27 heavy (non-hydrogen) atoms. The van der Waals surface area contributed by atoms with Crippen molar-refractivity contribution in [2.45, 2.75) is 0 Å². The summed E-state index contributed by atoms with van der Waals surface area (Å²) in [4.78, 5) is 0. The van der Waals surface area contributed by atoms with Gasteiger partial charge < -0.3 is 5.11 Å². The summed E-state index contributed by atoms with van der Waals surface area (Å²) < 4.78 is 15.3. The Labute approximate surface area is 154 Å². The van der Waals surface area contributed by atoms with Gasteiger partial charge in [0.15, 0.2) is 0 Å². The van der Waals surface area contributed by atoms with Gasteiger partial charge in [-0.05, 0) is 42.5 Å². The van der Waals surface area contributed by atoms with Gasteiger partial charge in [-0.15, -0.1) is 0 Å². The maximum absolute atomic E-state index is 13.4. The lowest BCUT2D eigenvalue weighted by molar-refractivity contribution is 0.482. The third kappa shape index (κ3) is 2.46. The standard InChI is InChI=1S/C23H15FN2O/c24-16-12-10-15(11-13-16)22-20-14-21(27)18-8-4-5-9-19(18)23(20)26(25-22)17-6-2-1-3-7-17/h1-14,27H. The number of hydrogen-bond acceptors (Lipinski definition) is 2. The largest absolute Gasteiger partial charge is 0.507 e. The number of phenolic OH excluding ortho intramolecular Hbond substituents is 1. The van der Waals surface area contributed by atoms with Gasteiger partial charge in [-0.1, -0.05) is 42.5 Å². The number of para-hydroxylation sites is 1. The highest BCUT2D eigenvalue weighted by Gasteiger charge is 2.18. The number of rotatable bonds is 2. The van der Waals surface area contributed by atoms with Crippen LogP contribution in [0.2, 0.25) is 0 Å². The second-order valence-corrected chi connectivity index (χ2v) is 6.44. The van der Waals surface area contributed by atoms with Crippen molar-refractivity contribution in [3.8, 4) is 22.7 Å². The average Bonchev–Trinajstić information content (AvgIpc) is 3.09. The highest BCUT2D eigenvalue weighted by Crippen LogP contribution is 2.38. The number of nitrogens with zero attached hydrogens (tertiary/aromatic N) is 2. The fraction of sp³-hybridized carbons (Fsp3) is 0. The maximum Gasteiger partial charge on any atom is 0.124 e. The van der Waals surface area contributed by atoms with Crippen molar-refractivity contribution in [1.82, 2.24) is 9.78 Å². The van der Waals surface area contributed by atoms with Crippen LogP contribution >= 0.6 is 0 Å². The van der Waals surface area contributed by atoms with Crippen LogP contribution in [0, 0.1) is 5.82 Å². The molecule has 0 bridgehead atoms. The first-order valence-corrected chi connectivity index (χ1v) is 8.67. The minimum Gasteiger partial charge on any atom is -0.507 e. The molecule has 0 fully saturated rings. The van der Waals surface area contributed by atoms with Crippen LogP contribution in [0.1, 0.15) is 0 Å². The van der Waals surface area contributed by atoms with E-state index >= 15 is 0 Å². The van der Waals surface area contributed by atoms with Gasteiger partial charge in [0.1, 0.15) is 17.3 Å². The molecule has 0 radical (unpaired) electrons. The Morgan fingerprint density at radius 3 is 2.15 bits per heavy atom. The molecule has 0 aliphatic rings. The monoisotopic (exact) mass is 354 g/mol. The summed E-state index contributed by atoms with van der Waals surface area (Å²) in [6.45, 7) is 0. The Bertz CT molecular complexity index is 1280. The molecule has 0 saturated carbocycles. The van der Waals surface area contributed by atoms with E-state index in [1.54, 1.807) is 18.2 Å². The molecular formula is C23H15FN2O. The molecule has 4 heteroatoms. The van der Waals surface area contributed by atoms with Crippen LogP contribution < -0.4 is 0 Å². The van der Waals surface area contributed by atoms with E-state index in [2.05, 4.69) is 0 Å². The predicted molar refractivity (Wildman–Crippen MR) is 106 cm³/mol. The van der Waals surface area contributed by atoms with Crippen molar-refractivity contribution in [2.75, 3.05) is 0 Å². The quantitative estimate of drug-likeness (QED) is 0.442. The minimum absolute atomic E-state index is 0.203. The van der Waals surface area contributed by atoms with Gasteiger partial charge >= 0.3 is 0 Å². The second kappa shape index (κ2) is 5.95. The summed E-state index contributed by atoms with van der Waals surface area (Å²) in [7, 11) is 0. The zero-order chi connectivity index (χ0) is 18.4. The Hall–Kier alpha value is -3.66. The van der Waals surface area contributed by atoms with Gasteiger partial charge in [-0.2, -0.15) is 5.10 Å². The highest BCUT2D eigenvalue weighted by atomic mass is 19.1. The van der Waals surface area contributed by atoms with E-state index in [1.807, 2.05) is 59.3 Å². The van der Waals surface area contributed by atoms with Crippen molar-refractivity contribution in [3.05, 3.63) is 90.7 Å². The van der Waals surface area contributed by atoms with Crippen LogP contribution in [-0.2, 0) is 0 Å². The van der Waals surface area contributed by atoms with E-state index in [9.17, 15) is 9.50 Å². The lowest BCUT2D eigenvalue weighted by Crippen LogP contribution is -1.96. The van der Waals surface area contributed by atoms with Crippen molar-refractivity contribution in [1.29, 1.82) is 0 Å². The van der Waals surface area contributed by atoms with Gasteiger partial charge in [0.05, 0.1) is 11.2 Å². The second-order valence-electron chi connectivity index (χ2n) is 6.44. The van der Waals surface area contributed by atoms with E-state index in [0.29, 0.717) is 5.69 Å². The van der Waals surface area contributed by atoms with Gasteiger partial charge in [-0.3, -0.25) is 0 Å². The molecular weight excluding hydrogens is 339 g/mol. The van der Waals surface area contributed by atoms with Gasteiger partial charge in [-0.25, -0.2) is 9.07 Å². The molecule has 0 spiro atoms. The minimum atomic E-state index is -0.293. The Morgan fingerprint density at radius 1 is 0.741 bits per heavy atom. The first-order valence-electron chi connectivity index (χ1n) is 8.67. The molecule has 0 aliphatic carbocycles. The number of halogens is 1. The summed E-state index contributed by atoms with van der Waals surface area (Å²) in [5, 5.41) is 17.9. The number of benzene rings is 4. The van der Waals surface area contributed by atoms with Gasteiger partial charge in [0.2, 0.25) is 0 Å². The van der Waals surface area contributed by atoms with E-state index in [4.69, 9.17) is 5.10 Å². The van der Waals surface area contributed by atoms with Crippen LogP contribution in [0.25, 0.3) is 38.6 Å². The van der Waals surface area contributed by atoms with Crippen LogP contribution in [0.4, 0.5) is 4.39 Å². The first kappa shape index (κ1) is 15.6. The number of hydrogen-bond donors (Lipinski definition) is 1. The van der Waals surface area contributed by atoms with Crippen LogP contribution in [0.15, 0.2) is 84.9 Å². The number of aromatic hydroxyl groups is 1. The molecule has 1 aromatic heterocycles. The summed E-state index contributed by atoms with van der Waals surface area (Å²) in [5.74, 6) is -0.0899. The molecule has 0 unspecified atom stereocenters. The molecule has 1 heterocycles. The molecule has 1 N–H and O–H groups in total. The maximum atomic E-state index is 13.4. The molecule has 3 nitrogen and oxygen atoms in total. The number of fused-ring (bicyclic) bond motifs is 3. The Kier molecular flexibility index (Phi) is 3.44. The summed E-state index contributed by atoms with van der Waals surface area (Å²) >= 11 is 0. The lowest BCUT2D eigenvalue weighted by Gasteiger charge is -2.07. The summed E-state index contributed by atoms with van der Waals surface area (Å²) in [6, 6.07) is 25.6. The number of aromatic nitrogens is 2. The van der Waals surface area contributed by atoms with Crippen molar-refractivity contribution >= 4 is 21.7 Å². The van der Waals surface area contributed by atoms with E-state index in [1.165, 1.54) is 12.1 Å². The zero-order valence-corrected chi connectivity index (χ0v) is 14.3. The smallest absolute Gasteiger partial charge is 0.124 e. The first-order chi connectivity index (χ1) is 13.2. The highest BCUT2D eigenvalue weighted by molar-refractivity contribution is 6.12. The molecule has 0 amide bonds. The Morgan fingerprint density at radius 2 is 1.41 bits per heavy atom. The molecule has 130 valence electrons. The average molecular weight is 354 g/mol. The summed E-state index contributed by atoms with van der Waals surface area (Å²) in [6.07, 6.45) is 0. The molecule has 5 rings (SSSR count). The molecule has 0 atom stereocenters. The van der Waals surface area contributed by atoms with Crippen LogP contribution in [0.3, 0.4) is 0 Å². The van der Waals surface area contributed by atoms with E-state index < -0.39 is 0 Å². The number of phenols is 1. The summed E-state index contributed by atoms with van der Waals surface area (Å²) in [5.41, 5.74) is 3.33. The van der Waals surface area contributed by atoms with E-state index in [-0.39, 0.29) is 11.6 Å². The van der Waals surface area contributed by atoms with Crippen molar-refractivity contribution < 1.29 is 9.50 Å². The molecule has 0 saturated heterocycles. The molecule has 5 aromatic rings. The van der Waals surface area contributed by atoms with Crippen LogP contribution in [-0.4, -0.2) is 14.9 Å². The van der Waals surface area contributed by atoms with Gasteiger partial charge in [0, 0.05) is 21.7 Å². The SMILES string of the molecule is Oc1cc2c(-c3ccc(F)cc3)nn(-c3ccccc3)c2c2ccccc12. The van der Waals surface area contributed by atoms with Crippen molar-refractivity contribution in [3.63, 3.8) is 0 Å². The molecule has 4 aromatic carbocycles. The third-order valence-electron chi connectivity index (χ3n) is 4.78. The van der Waals surface area contributed by atoms with Crippen LogP contribution in [0.5, 0.6) is 5.75 Å². The normalized spacial score (nSPS) is 11.3. The van der Waals surface area contributed by atoms with Gasteiger partial charge in [0.25, 0.3) is 0 Å². The van der Waals surface area contributed by atoms with Crippen molar-refractivity contribution in [2.24, 2.45) is 0 Å². The molecule has 0 aliphatic heterocycles. The third-order valence-corrected chi connectivity index (χ3v) is 4.78. The fourth-order valence-electron chi connectivity index (χ4n) is 3.53. The zero-order valence-electron chi connectivity index (χ0n) is 14.3. The predicted octanol–water partition coefficient (Wildman–Crippen LogP) is 5.69. The Balaban J connectivity index is 1.94. The van der Waals surface area contributed by atoms with E-state index in [0.717, 1.165) is 32.9 Å². The lowest BCUT2D eigenvalue weighted by atomic mass is 10.0.